The van der Waals surface area contributed by atoms with Crippen LogP contribution in [0.25, 0.3) is 6.08 Å². The van der Waals surface area contributed by atoms with E-state index in [0.29, 0.717) is 16.9 Å². The van der Waals surface area contributed by atoms with Crippen molar-refractivity contribution in [3.05, 3.63) is 53.6 Å². The summed E-state index contributed by atoms with van der Waals surface area (Å²) in [5, 5.41) is 72.6. The summed E-state index contributed by atoms with van der Waals surface area (Å²) in [6.07, 6.45) is -10.1. The zero-order valence-electron chi connectivity index (χ0n) is 26.1. The summed E-state index contributed by atoms with van der Waals surface area (Å²) in [5.41, 5.74) is 1.17. The highest BCUT2D eigenvalue weighted by atomic mass is 16.7. The van der Waals surface area contributed by atoms with Gasteiger partial charge < -0.3 is 68.9 Å². The molecule has 10 unspecified atom stereocenters. The Morgan fingerprint density at radius 3 is 2.19 bits per heavy atom. The zero-order chi connectivity index (χ0) is 34.2. The number of rotatable bonds is 13. The maximum atomic E-state index is 13.0. The van der Waals surface area contributed by atoms with Gasteiger partial charge in [0.2, 0.25) is 0 Å². The number of phenolic OH excluding ortho intramolecular Hbond substituents is 2. The Bertz CT molecular complexity index is 1350. The fourth-order valence-electron chi connectivity index (χ4n) is 5.34. The molecule has 2 saturated heterocycles. The van der Waals surface area contributed by atoms with Crippen LogP contribution in [0.3, 0.4) is 0 Å². The first kappa shape index (κ1) is 36.3. The molecule has 0 bridgehead atoms. The standard InChI is InChI=1S/C32H42O15/c1-16-23(14-33)44-32(27(39)26(16)38)47-30-28(40)31(43-11-10-18-5-8-21(41-2)20(36)12-18)45-24(15-34)29(30)46-25(37)9-6-17-4-7-19(35)22(13-17)42-3/h4-9,12-13,16,23-24,26-36,38-40H,10-11,14-15H2,1-3H3. The summed E-state index contributed by atoms with van der Waals surface area (Å²) < 4.78 is 38.9. The maximum absolute atomic E-state index is 13.0. The van der Waals surface area contributed by atoms with Gasteiger partial charge in [-0.3, -0.25) is 0 Å². The number of aliphatic hydroxyl groups excluding tert-OH is 5. The van der Waals surface area contributed by atoms with Crippen LogP contribution < -0.4 is 9.47 Å². The molecule has 0 radical (unpaired) electrons. The van der Waals surface area contributed by atoms with Gasteiger partial charge in [0.1, 0.15) is 24.4 Å². The predicted molar refractivity (Wildman–Crippen MR) is 161 cm³/mol. The summed E-state index contributed by atoms with van der Waals surface area (Å²) in [7, 11) is 2.79. The van der Waals surface area contributed by atoms with E-state index in [1.165, 1.54) is 44.6 Å². The average Bonchev–Trinajstić information content (AvgIpc) is 3.06. The molecule has 10 atom stereocenters. The van der Waals surface area contributed by atoms with Crippen LogP contribution in [0, 0.1) is 5.92 Å². The van der Waals surface area contributed by atoms with Crippen molar-refractivity contribution in [2.24, 2.45) is 5.92 Å². The second kappa shape index (κ2) is 16.5. The lowest BCUT2D eigenvalue weighted by Crippen LogP contribution is -2.64. The maximum Gasteiger partial charge on any atom is 0.331 e. The molecule has 2 heterocycles. The highest BCUT2D eigenvalue weighted by molar-refractivity contribution is 5.87. The number of phenols is 2. The summed E-state index contributed by atoms with van der Waals surface area (Å²) in [5.74, 6) is -1.28. The van der Waals surface area contributed by atoms with Crippen LogP contribution in [0.15, 0.2) is 42.5 Å². The molecule has 0 amide bonds. The topological polar surface area (TPSA) is 223 Å². The number of methoxy groups -OCH3 is 2. The van der Waals surface area contributed by atoms with Crippen LogP contribution in [-0.2, 0) is 34.9 Å². The number of aromatic hydroxyl groups is 2. The van der Waals surface area contributed by atoms with E-state index in [-0.39, 0.29) is 30.3 Å². The third-order valence-electron chi connectivity index (χ3n) is 8.11. The van der Waals surface area contributed by atoms with E-state index < -0.39 is 80.4 Å². The third-order valence-corrected chi connectivity index (χ3v) is 8.11. The first-order chi connectivity index (χ1) is 22.5. The fraction of sp³-hybridized carbons (Fsp3) is 0.531. The molecule has 0 saturated carbocycles. The van der Waals surface area contributed by atoms with Crippen LogP contribution in [-0.4, -0.2) is 131 Å². The zero-order valence-corrected chi connectivity index (χ0v) is 26.1. The van der Waals surface area contributed by atoms with Crippen LogP contribution in [0.4, 0.5) is 0 Å². The molecular weight excluding hydrogens is 624 g/mol. The summed E-state index contributed by atoms with van der Waals surface area (Å²) in [6.45, 7) is 0.344. The number of benzene rings is 2. The monoisotopic (exact) mass is 666 g/mol. The van der Waals surface area contributed by atoms with Crippen molar-refractivity contribution in [3.63, 3.8) is 0 Å². The van der Waals surface area contributed by atoms with Gasteiger partial charge in [-0.2, -0.15) is 0 Å². The van der Waals surface area contributed by atoms with Crippen molar-refractivity contribution >= 4 is 12.0 Å². The van der Waals surface area contributed by atoms with Gasteiger partial charge in [-0.05, 0) is 47.9 Å². The van der Waals surface area contributed by atoms with E-state index in [1.807, 2.05) is 0 Å². The van der Waals surface area contributed by atoms with E-state index in [1.54, 1.807) is 19.1 Å². The first-order valence-electron chi connectivity index (χ1n) is 15.0. The highest BCUT2D eigenvalue weighted by Gasteiger charge is 2.52. The third kappa shape index (κ3) is 8.70. The smallest absolute Gasteiger partial charge is 0.331 e. The number of ether oxygens (including phenoxy) is 7. The fourth-order valence-corrected chi connectivity index (χ4v) is 5.34. The Morgan fingerprint density at radius 1 is 0.830 bits per heavy atom. The van der Waals surface area contributed by atoms with Crippen molar-refractivity contribution in [2.75, 3.05) is 34.0 Å². The van der Waals surface area contributed by atoms with Gasteiger partial charge in [-0.1, -0.05) is 19.1 Å². The molecule has 2 aromatic carbocycles. The van der Waals surface area contributed by atoms with Gasteiger partial charge in [-0.15, -0.1) is 0 Å². The Morgan fingerprint density at radius 2 is 1.53 bits per heavy atom. The number of aliphatic hydroxyl groups is 5. The molecule has 15 nitrogen and oxygen atoms in total. The van der Waals surface area contributed by atoms with Crippen molar-refractivity contribution in [1.82, 2.24) is 0 Å². The van der Waals surface area contributed by atoms with Gasteiger partial charge >= 0.3 is 5.97 Å². The van der Waals surface area contributed by atoms with Gasteiger partial charge in [0.05, 0.1) is 46.2 Å². The second-order valence-electron chi connectivity index (χ2n) is 11.2. The average molecular weight is 667 g/mol. The summed E-state index contributed by atoms with van der Waals surface area (Å²) in [6, 6.07) is 9.17. The van der Waals surface area contributed by atoms with Crippen molar-refractivity contribution < 1.29 is 73.7 Å². The van der Waals surface area contributed by atoms with Gasteiger partial charge in [0.15, 0.2) is 41.7 Å². The van der Waals surface area contributed by atoms with Gasteiger partial charge in [-0.25, -0.2) is 4.79 Å². The Balaban J connectivity index is 1.53. The van der Waals surface area contributed by atoms with Crippen LogP contribution in [0.1, 0.15) is 18.1 Å². The van der Waals surface area contributed by atoms with Gasteiger partial charge in [0.25, 0.3) is 0 Å². The molecule has 7 N–H and O–H groups in total. The molecule has 0 spiro atoms. The number of esters is 1. The minimum absolute atomic E-state index is 0.0208. The van der Waals surface area contributed by atoms with E-state index in [4.69, 9.17) is 33.2 Å². The Kier molecular flexibility index (Phi) is 12.8. The van der Waals surface area contributed by atoms with Crippen LogP contribution in [0.2, 0.25) is 0 Å². The van der Waals surface area contributed by atoms with Gasteiger partial charge in [0, 0.05) is 12.0 Å². The Labute approximate surface area is 271 Å². The molecule has 15 heteroatoms. The predicted octanol–water partition coefficient (Wildman–Crippen LogP) is -0.162. The molecule has 2 fully saturated rings. The van der Waals surface area contributed by atoms with Crippen LogP contribution in [0.5, 0.6) is 23.0 Å². The minimum Gasteiger partial charge on any atom is -0.504 e. The minimum atomic E-state index is -1.68. The van der Waals surface area contributed by atoms with E-state index in [0.717, 1.165) is 6.08 Å². The summed E-state index contributed by atoms with van der Waals surface area (Å²) in [4.78, 5) is 13.0. The summed E-state index contributed by atoms with van der Waals surface area (Å²) >= 11 is 0. The Hall–Kier alpha value is -3.51. The molecule has 2 aliphatic heterocycles. The van der Waals surface area contributed by atoms with E-state index in [9.17, 15) is 40.5 Å². The highest BCUT2D eigenvalue weighted by Crippen LogP contribution is 2.33. The van der Waals surface area contributed by atoms with Crippen molar-refractivity contribution in [3.8, 4) is 23.0 Å². The lowest BCUT2D eigenvalue weighted by Gasteiger charge is -2.47. The molecule has 260 valence electrons. The molecule has 2 aliphatic rings. The molecule has 4 rings (SSSR count). The lowest BCUT2D eigenvalue weighted by atomic mass is 9.91. The SMILES string of the molecule is COc1ccc(CCOC2OC(CO)C(OC(=O)C=Cc3ccc(O)c(OC)c3)C(OC3OC(CO)C(C)C(O)C3O)C2O)cc1O. The van der Waals surface area contributed by atoms with Crippen molar-refractivity contribution in [1.29, 1.82) is 0 Å². The van der Waals surface area contributed by atoms with Crippen LogP contribution >= 0.6 is 0 Å². The van der Waals surface area contributed by atoms with E-state index >= 15 is 0 Å². The number of hydrogen-bond donors (Lipinski definition) is 7. The molecule has 47 heavy (non-hydrogen) atoms. The normalized spacial score (nSPS) is 31.1. The quantitative estimate of drug-likeness (QED) is 0.109. The largest absolute Gasteiger partial charge is 0.504 e. The second-order valence-corrected chi connectivity index (χ2v) is 11.2. The van der Waals surface area contributed by atoms with Crippen molar-refractivity contribution in [2.45, 2.75) is 68.7 Å². The van der Waals surface area contributed by atoms with E-state index in [2.05, 4.69) is 0 Å². The lowest BCUT2D eigenvalue weighted by molar-refractivity contribution is -0.356. The number of carbonyl (C=O) groups is 1. The molecule has 2 aromatic rings. The first-order valence-corrected chi connectivity index (χ1v) is 15.0. The number of carbonyl (C=O) groups excluding carboxylic acids is 1. The molecular formula is C32H42O15. The number of hydrogen-bond acceptors (Lipinski definition) is 15. The molecule has 0 aliphatic carbocycles. The molecule has 0 aromatic heterocycles.